The van der Waals surface area contributed by atoms with Crippen molar-refractivity contribution >= 4 is 24.2 Å². The third-order valence-corrected chi connectivity index (χ3v) is 4.81. The van der Waals surface area contributed by atoms with Gasteiger partial charge >= 0.3 is 0 Å². The zero-order valence-electron chi connectivity index (χ0n) is 14.2. The molecule has 7 heteroatoms. The van der Waals surface area contributed by atoms with E-state index in [0.29, 0.717) is 18.7 Å². The zero-order valence-corrected chi connectivity index (χ0v) is 15.0. The summed E-state index contributed by atoms with van der Waals surface area (Å²) in [6.07, 6.45) is 3.70. The lowest BCUT2D eigenvalue weighted by atomic mass is 9.95. The molecule has 2 amide bonds. The van der Waals surface area contributed by atoms with Crippen LogP contribution in [0.1, 0.15) is 36.0 Å². The molecule has 1 aromatic rings. The molecule has 0 spiro atoms. The van der Waals surface area contributed by atoms with Crippen LogP contribution >= 0.6 is 12.4 Å². The van der Waals surface area contributed by atoms with Gasteiger partial charge in [0.1, 0.15) is 5.82 Å². The third kappa shape index (κ3) is 5.16. The zero-order chi connectivity index (χ0) is 16.9. The van der Waals surface area contributed by atoms with Gasteiger partial charge in [0.15, 0.2) is 0 Å². The lowest BCUT2D eigenvalue weighted by Gasteiger charge is -2.33. The predicted octanol–water partition coefficient (Wildman–Crippen LogP) is 1.97. The Morgan fingerprint density at radius 2 is 1.92 bits per heavy atom. The van der Waals surface area contributed by atoms with E-state index in [9.17, 15) is 14.0 Å². The number of carbonyl (C=O) groups excluding carboxylic acids is 2. The SMILES string of the molecule is Cl.O=C(NC1CCCNC1)C1CCCN(C(=O)c2ccc(F)cc2)C1. The lowest BCUT2D eigenvalue weighted by Crippen LogP contribution is -2.51. The summed E-state index contributed by atoms with van der Waals surface area (Å²) in [5.74, 6) is -0.610. The van der Waals surface area contributed by atoms with Crippen LogP contribution in [0.5, 0.6) is 0 Å². The van der Waals surface area contributed by atoms with Crippen molar-refractivity contribution in [3.8, 4) is 0 Å². The van der Waals surface area contributed by atoms with Gasteiger partial charge in [0.05, 0.1) is 5.92 Å². The molecule has 0 saturated carbocycles. The highest BCUT2D eigenvalue weighted by atomic mass is 35.5. The van der Waals surface area contributed by atoms with E-state index in [1.807, 2.05) is 0 Å². The number of piperidine rings is 2. The van der Waals surface area contributed by atoms with Crippen LogP contribution in [0.4, 0.5) is 4.39 Å². The quantitative estimate of drug-likeness (QED) is 0.856. The van der Waals surface area contributed by atoms with Crippen molar-refractivity contribution < 1.29 is 14.0 Å². The fourth-order valence-corrected chi connectivity index (χ4v) is 3.44. The Morgan fingerprint density at radius 1 is 1.16 bits per heavy atom. The van der Waals surface area contributed by atoms with Gasteiger partial charge in [-0.15, -0.1) is 12.4 Å². The normalized spacial score (nSPS) is 23.5. The maximum absolute atomic E-state index is 13.0. The Hall–Kier alpha value is -1.66. The number of rotatable bonds is 3. The first-order valence-corrected chi connectivity index (χ1v) is 8.69. The minimum atomic E-state index is -0.358. The van der Waals surface area contributed by atoms with E-state index in [2.05, 4.69) is 10.6 Å². The summed E-state index contributed by atoms with van der Waals surface area (Å²) >= 11 is 0. The van der Waals surface area contributed by atoms with Gasteiger partial charge in [-0.2, -0.15) is 0 Å². The third-order valence-electron chi connectivity index (χ3n) is 4.81. The van der Waals surface area contributed by atoms with Crippen LogP contribution in [0.15, 0.2) is 24.3 Å². The van der Waals surface area contributed by atoms with E-state index in [0.717, 1.165) is 38.8 Å². The maximum Gasteiger partial charge on any atom is 0.253 e. The van der Waals surface area contributed by atoms with Crippen LogP contribution < -0.4 is 10.6 Å². The molecule has 25 heavy (non-hydrogen) atoms. The molecule has 2 aliphatic heterocycles. The first-order valence-electron chi connectivity index (χ1n) is 8.69. The van der Waals surface area contributed by atoms with Crippen LogP contribution in [-0.4, -0.2) is 48.9 Å². The molecule has 0 aliphatic carbocycles. The van der Waals surface area contributed by atoms with Crippen LogP contribution in [0.2, 0.25) is 0 Å². The number of hydrogen-bond acceptors (Lipinski definition) is 3. The Balaban J connectivity index is 0.00000225. The molecule has 2 aliphatic rings. The number of nitrogens with one attached hydrogen (secondary N) is 2. The summed E-state index contributed by atoms with van der Waals surface area (Å²) in [5.41, 5.74) is 0.467. The number of likely N-dealkylation sites (tertiary alicyclic amines) is 1. The Bertz CT molecular complexity index is 590. The van der Waals surface area contributed by atoms with Crippen molar-refractivity contribution in [2.45, 2.75) is 31.7 Å². The largest absolute Gasteiger partial charge is 0.352 e. The average Bonchev–Trinajstić information content (AvgIpc) is 2.63. The Morgan fingerprint density at radius 3 is 2.60 bits per heavy atom. The van der Waals surface area contributed by atoms with Gasteiger partial charge in [-0.1, -0.05) is 0 Å². The molecule has 2 N–H and O–H groups in total. The van der Waals surface area contributed by atoms with Gasteiger partial charge in [0, 0.05) is 31.2 Å². The minimum absolute atomic E-state index is 0. The van der Waals surface area contributed by atoms with Crippen molar-refractivity contribution in [1.82, 2.24) is 15.5 Å². The highest BCUT2D eigenvalue weighted by molar-refractivity contribution is 5.94. The first kappa shape index (κ1) is 19.7. The highest BCUT2D eigenvalue weighted by Gasteiger charge is 2.30. The van der Waals surface area contributed by atoms with Crippen molar-refractivity contribution in [3.05, 3.63) is 35.6 Å². The molecule has 0 aromatic heterocycles. The second-order valence-electron chi connectivity index (χ2n) is 6.65. The molecular formula is C18H25ClFN3O2. The van der Waals surface area contributed by atoms with Gasteiger partial charge in [0.25, 0.3) is 5.91 Å². The fraction of sp³-hybridized carbons (Fsp3) is 0.556. The van der Waals surface area contributed by atoms with Crippen molar-refractivity contribution in [3.63, 3.8) is 0 Å². The van der Waals surface area contributed by atoms with E-state index in [4.69, 9.17) is 0 Å². The first-order chi connectivity index (χ1) is 11.6. The number of hydrogen-bond donors (Lipinski definition) is 2. The molecule has 2 atom stereocenters. The maximum atomic E-state index is 13.0. The number of carbonyl (C=O) groups is 2. The van der Waals surface area contributed by atoms with E-state index in [-0.39, 0.29) is 42.0 Å². The average molecular weight is 370 g/mol. The predicted molar refractivity (Wildman–Crippen MR) is 96.3 cm³/mol. The summed E-state index contributed by atoms with van der Waals surface area (Å²) in [6.45, 7) is 2.90. The summed E-state index contributed by atoms with van der Waals surface area (Å²) in [5, 5.41) is 6.39. The number of halogens is 2. The molecule has 5 nitrogen and oxygen atoms in total. The summed E-state index contributed by atoms with van der Waals surface area (Å²) in [7, 11) is 0. The van der Waals surface area contributed by atoms with E-state index >= 15 is 0 Å². The molecule has 0 radical (unpaired) electrons. The molecule has 138 valence electrons. The minimum Gasteiger partial charge on any atom is -0.352 e. The standard InChI is InChI=1S/C18H24FN3O2.ClH/c19-15-7-5-13(6-8-15)18(24)22-10-2-3-14(12-22)17(23)21-16-4-1-9-20-11-16;/h5-8,14,16,20H,1-4,9-12H2,(H,21,23);1H. The van der Waals surface area contributed by atoms with Crippen molar-refractivity contribution in [1.29, 1.82) is 0 Å². The van der Waals surface area contributed by atoms with Crippen LogP contribution in [-0.2, 0) is 4.79 Å². The molecule has 2 heterocycles. The van der Waals surface area contributed by atoms with Crippen molar-refractivity contribution in [2.24, 2.45) is 5.92 Å². The van der Waals surface area contributed by atoms with E-state index in [1.54, 1.807) is 4.90 Å². The van der Waals surface area contributed by atoms with E-state index < -0.39 is 0 Å². The fourth-order valence-electron chi connectivity index (χ4n) is 3.44. The molecule has 3 rings (SSSR count). The summed E-state index contributed by atoms with van der Waals surface area (Å²) in [6, 6.07) is 5.76. The Labute approximate surface area is 153 Å². The second kappa shape index (κ2) is 9.15. The summed E-state index contributed by atoms with van der Waals surface area (Å²) in [4.78, 5) is 26.7. The number of amides is 2. The van der Waals surface area contributed by atoms with Gasteiger partial charge in [-0.3, -0.25) is 9.59 Å². The van der Waals surface area contributed by atoms with Gasteiger partial charge in [-0.25, -0.2) is 4.39 Å². The van der Waals surface area contributed by atoms with E-state index in [1.165, 1.54) is 24.3 Å². The molecular weight excluding hydrogens is 345 g/mol. The number of nitrogens with zero attached hydrogens (tertiary/aromatic N) is 1. The molecule has 2 saturated heterocycles. The van der Waals surface area contributed by atoms with Crippen LogP contribution in [0, 0.1) is 11.7 Å². The summed E-state index contributed by atoms with van der Waals surface area (Å²) < 4.78 is 13.0. The lowest BCUT2D eigenvalue weighted by molar-refractivity contribution is -0.127. The van der Waals surface area contributed by atoms with Gasteiger partial charge in [0.2, 0.25) is 5.91 Å². The molecule has 2 unspecified atom stereocenters. The monoisotopic (exact) mass is 369 g/mol. The second-order valence-corrected chi connectivity index (χ2v) is 6.65. The van der Waals surface area contributed by atoms with Crippen LogP contribution in [0.3, 0.4) is 0 Å². The van der Waals surface area contributed by atoms with Crippen molar-refractivity contribution in [2.75, 3.05) is 26.2 Å². The molecule has 0 bridgehead atoms. The Kier molecular flexibility index (Phi) is 7.20. The topological polar surface area (TPSA) is 61.4 Å². The smallest absolute Gasteiger partial charge is 0.253 e. The highest BCUT2D eigenvalue weighted by Crippen LogP contribution is 2.19. The molecule has 1 aromatic carbocycles. The van der Waals surface area contributed by atoms with Gasteiger partial charge in [-0.05, 0) is 56.5 Å². The molecule has 2 fully saturated rings. The number of benzene rings is 1. The van der Waals surface area contributed by atoms with Gasteiger partial charge < -0.3 is 15.5 Å². The van der Waals surface area contributed by atoms with Crippen LogP contribution in [0.25, 0.3) is 0 Å².